The molecule has 1 N–H and O–H groups in total. The van der Waals surface area contributed by atoms with E-state index in [0.717, 1.165) is 59.4 Å². The number of likely N-dealkylation sites (N-methyl/N-ethyl adjacent to an activating group) is 1. The Hall–Kier alpha value is -2.16. The van der Waals surface area contributed by atoms with Gasteiger partial charge in [-0.15, -0.1) is 11.3 Å². The molecule has 2 aromatic heterocycles. The fourth-order valence-electron chi connectivity index (χ4n) is 4.04. The van der Waals surface area contributed by atoms with E-state index in [-0.39, 0.29) is 5.97 Å². The predicted molar refractivity (Wildman–Crippen MR) is 134 cm³/mol. The third-order valence-corrected chi connectivity index (χ3v) is 7.63. The third-order valence-electron chi connectivity index (χ3n) is 5.90. The molecule has 3 aromatic rings. The Morgan fingerprint density at radius 2 is 1.91 bits per heavy atom. The molecule has 0 atom stereocenters. The summed E-state index contributed by atoms with van der Waals surface area (Å²) in [5.41, 5.74) is 2.85. The minimum Gasteiger partial charge on any atom is -0.461 e. The van der Waals surface area contributed by atoms with Crippen LogP contribution in [0.5, 0.6) is 0 Å². The predicted octanol–water partition coefficient (Wildman–Crippen LogP) is 5.53. The van der Waals surface area contributed by atoms with Crippen molar-refractivity contribution in [2.75, 3.05) is 37.8 Å². The molecule has 0 radical (unpaired) electrons. The summed E-state index contributed by atoms with van der Waals surface area (Å²) < 4.78 is 5.44. The van der Waals surface area contributed by atoms with Gasteiger partial charge in [-0.1, -0.05) is 25.6 Å². The summed E-state index contributed by atoms with van der Waals surface area (Å²) in [6.45, 7) is 7.28. The molecule has 0 saturated carbocycles. The Kier molecular flexibility index (Phi) is 7.65. The largest absolute Gasteiger partial charge is 0.461 e. The zero-order chi connectivity index (χ0) is 22.5. The maximum absolute atomic E-state index is 12.4. The lowest BCUT2D eigenvalue weighted by Crippen LogP contribution is -2.27. The second-order valence-electron chi connectivity index (χ2n) is 7.82. The number of thiophene rings is 1. The smallest absolute Gasteiger partial charge is 0.338 e. The Morgan fingerprint density at radius 1 is 1.16 bits per heavy atom. The van der Waals surface area contributed by atoms with E-state index in [1.165, 1.54) is 23.3 Å². The number of esters is 1. The van der Waals surface area contributed by atoms with Gasteiger partial charge in [-0.2, -0.15) is 0 Å². The van der Waals surface area contributed by atoms with Crippen LogP contribution in [0.4, 0.5) is 11.5 Å². The van der Waals surface area contributed by atoms with Crippen LogP contribution in [-0.2, 0) is 17.6 Å². The van der Waals surface area contributed by atoms with Crippen molar-refractivity contribution in [3.05, 3.63) is 40.3 Å². The number of fused-ring (bicyclic) bond motifs is 3. The van der Waals surface area contributed by atoms with Crippen LogP contribution in [0.25, 0.3) is 10.2 Å². The Balaban J connectivity index is 1.50. The first-order valence-corrected chi connectivity index (χ1v) is 13.3. The minimum atomic E-state index is -0.287. The van der Waals surface area contributed by atoms with Gasteiger partial charge in [0.25, 0.3) is 0 Å². The molecule has 0 bridgehead atoms. The van der Waals surface area contributed by atoms with Crippen LogP contribution in [0.1, 0.15) is 47.5 Å². The summed E-state index contributed by atoms with van der Waals surface area (Å²) in [5, 5.41) is 5.41. The molecule has 1 aliphatic carbocycles. The first-order valence-electron chi connectivity index (χ1n) is 11.3. The van der Waals surface area contributed by atoms with Gasteiger partial charge in [-0.05, 0) is 74.9 Å². The normalized spacial score (nSPS) is 13.4. The van der Waals surface area contributed by atoms with Gasteiger partial charge in [-0.3, -0.25) is 0 Å². The molecule has 0 fully saturated rings. The first-order chi connectivity index (χ1) is 15.6. The zero-order valence-corrected chi connectivity index (χ0v) is 20.6. The molecule has 0 aliphatic heterocycles. The van der Waals surface area contributed by atoms with Crippen LogP contribution in [0, 0.1) is 0 Å². The number of nitrogens with zero attached hydrogens (tertiary/aromatic N) is 3. The monoisotopic (exact) mass is 470 g/mol. The second kappa shape index (κ2) is 10.6. The number of carbonyl (C=O) groups is 1. The molecule has 32 heavy (non-hydrogen) atoms. The number of benzene rings is 1. The van der Waals surface area contributed by atoms with E-state index in [2.05, 4.69) is 24.1 Å². The van der Waals surface area contributed by atoms with Crippen molar-refractivity contribution in [1.82, 2.24) is 14.9 Å². The van der Waals surface area contributed by atoms with E-state index >= 15 is 0 Å². The number of thioether (sulfide) groups is 1. The summed E-state index contributed by atoms with van der Waals surface area (Å²) in [4.78, 5) is 26.6. The molecule has 1 aromatic carbocycles. The lowest BCUT2D eigenvalue weighted by Gasteiger charge is -2.17. The second-order valence-corrected chi connectivity index (χ2v) is 9.67. The van der Waals surface area contributed by atoms with Crippen molar-refractivity contribution in [3.63, 3.8) is 0 Å². The van der Waals surface area contributed by atoms with E-state index in [9.17, 15) is 4.79 Å². The van der Waals surface area contributed by atoms with E-state index in [1.54, 1.807) is 35.2 Å². The van der Waals surface area contributed by atoms with Gasteiger partial charge in [0.2, 0.25) is 0 Å². The van der Waals surface area contributed by atoms with Crippen LogP contribution in [0.3, 0.4) is 0 Å². The highest BCUT2D eigenvalue weighted by atomic mass is 32.2. The maximum atomic E-state index is 12.4. The average Bonchev–Trinajstić information content (AvgIpc) is 3.21. The van der Waals surface area contributed by atoms with E-state index < -0.39 is 0 Å². The van der Waals surface area contributed by atoms with Crippen molar-refractivity contribution >= 4 is 50.8 Å². The number of hydrogen-bond acceptors (Lipinski definition) is 8. The number of anilines is 2. The molecular weight excluding hydrogens is 440 g/mol. The zero-order valence-electron chi connectivity index (χ0n) is 18.9. The lowest BCUT2D eigenvalue weighted by atomic mass is 9.97. The topological polar surface area (TPSA) is 67.3 Å². The number of aromatic nitrogens is 2. The third kappa shape index (κ3) is 5.08. The summed E-state index contributed by atoms with van der Waals surface area (Å²) in [5.74, 6) is 0.568. The van der Waals surface area contributed by atoms with E-state index in [1.807, 2.05) is 18.4 Å². The number of ether oxygens (including phenoxy) is 1. The quantitative estimate of drug-likeness (QED) is 0.250. The summed E-state index contributed by atoms with van der Waals surface area (Å²) >= 11 is 3.36. The molecule has 0 amide bonds. The highest BCUT2D eigenvalue weighted by Crippen LogP contribution is 2.40. The molecule has 170 valence electrons. The number of hydrogen-bond donors (Lipinski definition) is 1. The van der Waals surface area contributed by atoms with Gasteiger partial charge in [0, 0.05) is 17.1 Å². The number of carbonyl (C=O) groups excluding carboxylic acids is 1. The van der Waals surface area contributed by atoms with E-state index in [4.69, 9.17) is 14.7 Å². The van der Waals surface area contributed by atoms with Gasteiger partial charge in [0.15, 0.2) is 5.16 Å². The molecule has 0 saturated heterocycles. The van der Waals surface area contributed by atoms with Gasteiger partial charge in [0.1, 0.15) is 17.3 Å². The Labute approximate surface area is 197 Å². The molecule has 2 heterocycles. The van der Waals surface area contributed by atoms with Crippen LogP contribution in [0.2, 0.25) is 0 Å². The van der Waals surface area contributed by atoms with Crippen molar-refractivity contribution in [3.8, 4) is 0 Å². The fraction of sp³-hybridized carbons (Fsp3) is 0.458. The summed E-state index contributed by atoms with van der Waals surface area (Å²) in [6.07, 6.45) is 6.68. The summed E-state index contributed by atoms with van der Waals surface area (Å²) in [7, 11) is 0. The van der Waals surface area contributed by atoms with Gasteiger partial charge in [0.05, 0.1) is 10.9 Å². The van der Waals surface area contributed by atoms with Crippen LogP contribution in [-0.4, -0.2) is 53.3 Å². The highest BCUT2D eigenvalue weighted by Gasteiger charge is 2.21. The van der Waals surface area contributed by atoms with Crippen molar-refractivity contribution in [1.29, 1.82) is 0 Å². The number of rotatable bonds is 9. The van der Waals surface area contributed by atoms with E-state index in [0.29, 0.717) is 12.2 Å². The van der Waals surface area contributed by atoms with Crippen molar-refractivity contribution in [2.45, 2.75) is 44.7 Å². The SMILES string of the molecule is CCN(CC)CCOC(=O)c1ccc(Nc2nc(SC)nc3sc4c(c23)CCCC4)cc1. The molecule has 1 aliphatic rings. The van der Waals surface area contributed by atoms with Crippen LogP contribution >= 0.6 is 23.1 Å². The molecule has 4 rings (SSSR count). The molecule has 8 heteroatoms. The van der Waals surface area contributed by atoms with Crippen molar-refractivity contribution < 1.29 is 9.53 Å². The minimum absolute atomic E-state index is 0.287. The first kappa shape index (κ1) is 23.0. The lowest BCUT2D eigenvalue weighted by molar-refractivity contribution is 0.0466. The molecular formula is C24H30N4O2S2. The molecule has 6 nitrogen and oxygen atoms in total. The van der Waals surface area contributed by atoms with Gasteiger partial charge >= 0.3 is 5.97 Å². The Morgan fingerprint density at radius 3 is 2.62 bits per heavy atom. The number of aryl methyl sites for hydroxylation is 2. The highest BCUT2D eigenvalue weighted by molar-refractivity contribution is 7.98. The standard InChI is InChI=1S/C24H30N4O2S2/c1-4-28(5-2)14-15-30-23(29)16-10-12-17(13-11-16)25-21-20-18-8-6-7-9-19(18)32-22(20)27-24(26-21)31-3/h10-13H,4-9,14-15H2,1-3H3,(H,25,26,27). The van der Waals surface area contributed by atoms with Gasteiger partial charge < -0.3 is 15.0 Å². The summed E-state index contributed by atoms with van der Waals surface area (Å²) in [6, 6.07) is 7.43. The van der Waals surface area contributed by atoms with Crippen molar-refractivity contribution in [2.24, 2.45) is 0 Å². The Bertz CT molecular complexity index is 1080. The van der Waals surface area contributed by atoms with Crippen LogP contribution < -0.4 is 5.32 Å². The maximum Gasteiger partial charge on any atom is 0.338 e. The average molecular weight is 471 g/mol. The molecule has 0 unspecified atom stereocenters. The number of nitrogens with one attached hydrogen (secondary N) is 1. The van der Waals surface area contributed by atoms with Gasteiger partial charge in [-0.25, -0.2) is 14.8 Å². The molecule has 0 spiro atoms. The van der Waals surface area contributed by atoms with Crippen LogP contribution in [0.15, 0.2) is 29.4 Å². The fourth-order valence-corrected chi connectivity index (χ4v) is 5.72.